The van der Waals surface area contributed by atoms with Crippen LogP contribution in [0, 0.1) is 12.3 Å². The summed E-state index contributed by atoms with van der Waals surface area (Å²) >= 11 is 0. The highest BCUT2D eigenvalue weighted by molar-refractivity contribution is 5.84. The third kappa shape index (κ3) is 4.83. The molecule has 0 aromatic carbocycles. The Morgan fingerprint density at radius 1 is 1.29 bits per heavy atom. The van der Waals surface area contributed by atoms with Gasteiger partial charge in [0.15, 0.2) is 5.66 Å². The molecule has 0 radical (unpaired) electrons. The molecule has 1 saturated heterocycles. The maximum atomic E-state index is 11.9. The van der Waals surface area contributed by atoms with E-state index in [9.17, 15) is 9.59 Å². The van der Waals surface area contributed by atoms with Crippen LogP contribution in [0.1, 0.15) is 25.7 Å². The van der Waals surface area contributed by atoms with Crippen LogP contribution in [0.15, 0.2) is 10.2 Å². The van der Waals surface area contributed by atoms with Gasteiger partial charge < -0.3 is 15.0 Å². The average molecular weight is 292 g/mol. The molecule has 7 heteroatoms. The van der Waals surface area contributed by atoms with Gasteiger partial charge >= 0.3 is 0 Å². The molecule has 0 atom stereocenters. The smallest absolute Gasteiger partial charge is 0.242 e. The second-order valence-corrected chi connectivity index (χ2v) is 5.16. The molecule has 0 aromatic rings. The van der Waals surface area contributed by atoms with Gasteiger partial charge in [-0.3, -0.25) is 9.59 Å². The fraction of sp³-hybridized carbons (Fsp3) is 0.714. The van der Waals surface area contributed by atoms with E-state index in [0.29, 0.717) is 52.0 Å². The summed E-state index contributed by atoms with van der Waals surface area (Å²) in [7, 11) is 0. The first kappa shape index (κ1) is 15.4. The summed E-state index contributed by atoms with van der Waals surface area (Å²) in [4.78, 5) is 25.3. The SMILES string of the molecule is C#CCCC1(CCC(=O)NCC(=O)N2CCOCC2)N=N1. The Morgan fingerprint density at radius 2 is 2.00 bits per heavy atom. The van der Waals surface area contributed by atoms with Gasteiger partial charge in [-0.05, 0) is 0 Å². The number of rotatable bonds is 7. The van der Waals surface area contributed by atoms with Gasteiger partial charge in [0.25, 0.3) is 0 Å². The molecule has 2 rings (SSSR count). The number of hydrogen-bond donors (Lipinski definition) is 1. The van der Waals surface area contributed by atoms with Crippen LogP contribution in [0.25, 0.3) is 0 Å². The van der Waals surface area contributed by atoms with Crippen LogP contribution in [0.2, 0.25) is 0 Å². The van der Waals surface area contributed by atoms with E-state index in [1.807, 2.05) is 0 Å². The van der Waals surface area contributed by atoms with Crippen LogP contribution in [-0.4, -0.2) is 55.2 Å². The monoisotopic (exact) mass is 292 g/mol. The predicted molar refractivity (Wildman–Crippen MR) is 75.3 cm³/mol. The van der Waals surface area contributed by atoms with E-state index in [1.54, 1.807) is 4.90 Å². The van der Waals surface area contributed by atoms with Gasteiger partial charge in [-0.15, -0.1) is 12.3 Å². The van der Waals surface area contributed by atoms with E-state index in [2.05, 4.69) is 21.5 Å². The zero-order valence-electron chi connectivity index (χ0n) is 12.0. The molecular weight excluding hydrogens is 272 g/mol. The molecule has 0 spiro atoms. The fourth-order valence-electron chi connectivity index (χ4n) is 2.17. The summed E-state index contributed by atoms with van der Waals surface area (Å²) < 4.78 is 5.17. The summed E-state index contributed by atoms with van der Waals surface area (Å²) in [5, 5.41) is 10.6. The molecule has 1 N–H and O–H groups in total. The number of carbonyl (C=O) groups excluding carboxylic acids is 2. The van der Waals surface area contributed by atoms with Crippen molar-refractivity contribution < 1.29 is 14.3 Å². The lowest BCUT2D eigenvalue weighted by Gasteiger charge is -2.26. The number of nitrogens with zero attached hydrogens (tertiary/aromatic N) is 3. The van der Waals surface area contributed by atoms with Crippen LogP contribution in [0.3, 0.4) is 0 Å². The summed E-state index contributed by atoms with van der Waals surface area (Å²) in [5.74, 6) is 2.31. The Morgan fingerprint density at radius 3 is 2.62 bits per heavy atom. The van der Waals surface area contributed by atoms with Crippen molar-refractivity contribution in [3.8, 4) is 12.3 Å². The van der Waals surface area contributed by atoms with Crippen molar-refractivity contribution in [2.75, 3.05) is 32.8 Å². The first-order valence-corrected chi connectivity index (χ1v) is 7.15. The lowest BCUT2D eigenvalue weighted by Crippen LogP contribution is -2.45. The molecule has 0 aliphatic carbocycles. The molecule has 2 heterocycles. The average Bonchev–Trinajstić information content (AvgIpc) is 3.30. The fourth-order valence-corrected chi connectivity index (χ4v) is 2.17. The van der Waals surface area contributed by atoms with Gasteiger partial charge in [-0.25, -0.2) is 0 Å². The highest BCUT2D eigenvalue weighted by atomic mass is 16.5. The Bertz CT molecular complexity index is 457. The minimum absolute atomic E-state index is 0.0322. The molecule has 2 amide bonds. The molecule has 0 saturated carbocycles. The molecular formula is C14H20N4O3. The molecule has 7 nitrogen and oxygen atoms in total. The van der Waals surface area contributed by atoms with E-state index in [-0.39, 0.29) is 18.4 Å². The quantitative estimate of drug-likeness (QED) is 0.686. The summed E-state index contributed by atoms with van der Waals surface area (Å²) in [6.07, 6.45) is 7.34. The number of nitrogens with one attached hydrogen (secondary N) is 1. The third-order valence-corrected chi connectivity index (χ3v) is 3.61. The largest absolute Gasteiger partial charge is 0.378 e. The standard InChI is InChI=1S/C14H20N4O3/c1-2-3-5-14(16-17-14)6-4-12(19)15-11-13(20)18-7-9-21-10-8-18/h1H,3-11H2,(H,15,19). The first-order valence-electron chi connectivity index (χ1n) is 7.15. The molecule has 0 bridgehead atoms. The number of ether oxygens (including phenoxy) is 1. The van der Waals surface area contributed by atoms with Gasteiger partial charge in [-0.2, -0.15) is 10.2 Å². The van der Waals surface area contributed by atoms with Crippen LogP contribution in [0.4, 0.5) is 0 Å². The molecule has 0 unspecified atom stereocenters. The van der Waals surface area contributed by atoms with Gasteiger partial charge in [-0.1, -0.05) is 0 Å². The maximum absolute atomic E-state index is 11.9. The van der Waals surface area contributed by atoms with Crippen molar-refractivity contribution >= 4 is 11.8 Å². The van der Waals surface area contributed by atoms with Crippen LogP contribution >= 0.6 is 0 Å². The summed E-state index contributed by atoms with van der Waals surface area (Å²) in [5.41, 5.74) is -0.447. The van der Waals surface area contributed by atoms with E-state index >= 15 is 0 Å². The van der Waals surface area contributed by atoms with Crippen molar-refractivity contribution in [3.05, 3.63) is 0 Å². The molecule has 2 aliphatic rings. The topological polar surface area (TPSA) is 83.4 Å². The zero-order valence-corrected chi connectivity index (χ0v) is 12.0. The summed E-state index contributed by atoms with van der Waals surface area (Å²) in [6, 6.07) is 0. The number of amides is 2. The minimum atomic E-state index is -0.447. The van der Waals surface area contributed by atoms with Gasteiger partial charge in [0.1, 0.15) is 0 Å². The number of terminal acetylenes is 1. The Kier molecular flexibility index (Phi) is 5.28. The van der Waals surface area contributed by atoms with Gasteiger partial charge in [0, 0.05) is 38.8 Å². The number of carbonyl (C=O) groups is 2. The first-order chi connectivity index (χ1) is 10.2. The highest BCUT2D eigenvalue weighted by Gasteiger charge is 2.39. The third-order valence-electron chi connectivity index (χ3n) is 3.61. The lowest BCUT2D eigenvalue weighted by atomic mass is 10.0. The maximum Gasteiger partial charge on any atom is 0.242 e. The van der Waals surface area contributed by atoms with Crippen LogP contribution in [0.5, 0.6) is 0 Å². The second-order valence-electron chi connectivity index (χ2n) is 5.16. The van der Waals surface area contributed by atoms with Crippen molar-refractivity contribution in [2.24, 2.45) is 10.2 Å². The predicted octanol–water partition coefficient (Wildman–Crippen LogP) is 0.317. The van der Waals surface area contributed by atoms with Gasteiger partial charge in [0.05, 0.1) is 19.8 Å². The molecule has 2 aliphatic heterocycles. The van der Waals surface area contributed by atoms with E-state index in [4.69, 9.17) is 11.2 Å². The minimum Gasteiger partial charge on any atom is -0.378 e. The highest BCUT2D eigenvalue weighted by Crippen LogP contribution is 2.37. The van der Waals surface area contributed by atoms with E-state index in [1.165, 1.54) is 0 Å². The normalized spacial score (nSPS) is 18.9. The zero-order chi connectivity index (χ0) is 15.1. The molecule has 1 fully saturated rings. The van der Waals surface area contributed by atoms with E-state index < -0.39 is 5.66 Å². The van der Waals surface area contributed by atoms with Crippen molar-refractivity contribution in [3.63, 3.8) is 0 Å². The molecule has 114 valence electrons. The van der Waals surface area contributed by atoms with Gasteiger partial charge in [0.2, 0.25) is 11.8 Å². The Labute approximate surface area is 124 Å². The van der Waals surface area contributed by atoms with Crippen molar-refractivity contribution in [1.82, 2.24) is 10.2 Å². The Hall–Kier alpha value is -1.94. The molecule has 0 aromatic heterocycles. The lowest BCUT2D eigenvalue weighted by molar-refractivity contribution is -0.136. The number of morpholine rings is 1. The number of hydrogen-bond acceptors (Lipinski definition) is 5. The van der Waals surface area contributed by atoms with Crippen molar-refractivity contribution in [2.45, 2.75) is 31.3 Å². The van der Waals surface area contributed by atoms with Crippen molar-refractivity contribution in [1.29, 1.82) is 0 Å². The Balaban J connectivity index is 1.61. The van der Waals surface area contributed by atoms with Crippen LogP contribution in [-0.2, 0) is 14.3 Å². The molecule has 21 heavy (non-hydrogen) atoms. The van der Waals surface area contributed by atoms with E-state index in [0.717, 1.165) is 0 Å². The van der Waals surface area contributed by atoms with Crippen LogP contribution < -0.4 is 5.32 Å². The summed E-state index contributed by atoms with van der Waals surface area (Å²) in [6.45, 7) is 2.31. The second kappa shape index (κ2) is 7.18.